The number of methoxy groups -OCH3 is 1. The quantitative estimate of drug-likeness (QED) is 0.474. The Bertz CT molecular complexity index is 940. The van der Waals surface area contributed by atoms with Crippen LogP contribution in [0.25, 0.3) is 11.4 Å². The van der Waals surface area contributed by atoms with Crippen molar-refractivity contribution >= 4 is 11.8 Å². The second-order valence-corrected chi connectivity index (χ2v) is 8.77. The summed E-state index contributed by atoms with van der Waals surface area (Å²) in [4.78, 5) is 0. The van der Waals surface area contributed by atoms with Crippen molar-refractivity contribution in [3.63, 3.8) is 0 Å². The van der Waals surface area contributed by atoms with E-state index in [-0.39, 0.29) is 6.61 Å². The monoisotopic (exact) mass is 439 g/mol. The van der Waals surface area contributed by atoms with Gasteiger partial charge in [-0.25, -0.2) is 0 Å². The molecule has 1 N–H and O–H groups in total. The Morgan fingerprint density at radius 3 is 2.45 bits per heavy atom. The van der Waals surface area contributed by atoms with E-state index >= 15 is 0 Å². The highest BCUT2D eigenvalue weighted by Gasteiger charge is 2.24. The molecule has 1 saturated carbocycles. The molecule has 164 valence electrons. The Balaban J connectivity index is 1.47. The maximum absolute atomic E-state index is 10.4. The summed E-state index contributed by atoms with van der Waals surface area (Å²) in [5.74, 6) is 2.97. The molecular weight excluding hydrogens is 410 g/mol. The van der Waals surface area contributed by atoms with E-state index in [1.54, 1.807) is 18.9 Å². The molecule has 0 saturated heterocycles. The zero-order valence-corrected chi connectivity index (χ0v) is 18.6. The Kier molecular flexibility index (Phi) is 7.48. The molecule has 1 fully saturated rings. The maximum atomic E-state index is 10.4. The molecule has 31 heavy (non-hydrogen) atoms. The van der Waals surface area contributed by atoms with Crippen LogP contribution in [0.3, 0.4) is 0 Å². The van der Waals surface area contributed by atoms with Crippen molar-refractivity contribution in [2.75, 3.05) is 19.5 Å². The first-order valence-corrected chi connectivity index (χ1v) is 11.8. The van der Waals surface area contributed by atoms with Crippen molar-refractivity contribution in [3.8, 4) is 22.9 Å². The highest BCUT2D eigenvalue weighted by Crippen LogP contribution is 2.36. The van der Waals surface area contributed by atoms with Crippen molar-refractivity contribution < 1.29 is 14.6 Å². The van der Waals surface area contributed by atoms with E-state index < -0.39 is 6.10 Å². The average Bonchev–Trinajstić information content (AvgIpc) is 3.26. The fourth-order valence-electron chi connectivity index (χ4n) is 3.91. The minimum Gasteiger partial charge on any atom is -0.497 e. The topological polar surface area (TPSA) is 69.4 Å². The van der Waals surface area contributed by atoms with Crippen LogP contribution in [-0.2, 0) is 0 Å². The first-order valence-electron chi connectivity index (χ1n) is 10.8. The molecule has 1 aromatic heterocycles. The van der Waals surface area contributed by atoms with E-state index in [9.17, 15) is 5.11 Å². The third-order valence-electron chi connectivity index (χ3n) is 5.54. The number of hydrogen-bond donors (Lipinski definition) is 1. The number of thioether (sulfide) groups is 1. The molecule has 7 heteroatoms. The predicted octanol–water partition coefficient (Wildman–Crippen LogP) is 4.99. The molecule has 1 unspecified atom stereocenters. The third kappa shape index (κ3) is 5.60. The number of para-hydroxylation sites is 1. The highest BCUT2D eigenvalue weighted by atomic mass is 32.2. The van der Waals surface area contributed by atoms with Gasteiger partial charge in [0, 0.05) is 17.4 Å². The molecule has 6 nitrogen and oxygen atoms in total. The highest BCUT2D eigenvalue weighted by molar-refractivity contribution is 7.99. The van der Waals surface area contributed by atoms with Crippen molar-refractivity contribution in [2.24, 2.45) is 0 Å². The molecule has 0 bridgehead atoms. The standard InChI is InChI=1S/C24H29N3O3S/c1-29-21-14-12-18(13-15-21)23-25-26-24(27(23)19-8-4-2-5-9-19)31-17-20(28)16-30-22-10-6-3-7-11-22/h3,6-7,10-15,19-20,28H,2,4-5,8-9,16-17H2,1H3. The van der Waals surface area contributed by atoms with Gasteiger partial charge >= 0.3 is 0 Å². The molecule has 1 atom stereocenters. The van der Waals surface area contributed by atoms with Crippen molar-refractivity contribution in [3.05, 3.63) is 54.6 Å². The number of rotatable bonds is 9. The summed E-state index contributed by atoms with van der Waals surface area (Å²) in [6.07, 6.45) is 5.41. The molecule has 4 rings (SSSR count). The number of ether oxygens (including phenoxy) is 2. The summed E-state index contributed by atoms with van der Waals surface area (Å²) in [5.41, 5.74) is 1.03. The van der Waals surface area contributed by atoms with Crippen LogP contribution in [0, 0.1) is 0 Å². The fraction of sp³-hybridized carbons (Fsp3) is 0.417. The first kappa shape index (κ1) is 21.7. The lowest BCUT2D eigenvalue weighted by Gasteiger charge is -2.26. The number of hydrogen-bond acceptors (Lipinski definition) is 6. The summed E-state index contributed by atoms with van der Waals surface area (Å²) in [7, 11) is 1.67. The molecule has 1 heterocycles. The predicted molar refractivity (Wildman–Crippen MR) is 123 cm³/mol. The third-order valence-corrected chi connectivity index (χ3v) is 6.63. The molecule has 0 aliphatic heterocycles. The van der Waals surface area contributed by atoms with Gasteiger partial charge in [-0.05, 0) is 49.2 Å². The second kappa shape index (κ2) is 10.7. The van der Waals surface area contributed by atoms with Crippen molar-refractivity contribution in [1.82, 2.24) is 14.8 Å². The minimum atomic E-state index is -0.592. The van der Waals surface area contributed by atoms with E-state index in [0.717, 1.165) is 40.9 Å². The van der Waals surface area contributed by atoms with Crippen LogP contribution in [-0.4, -0.2) is 45.4 Å². The lowest BCUT2D eigenvalue weighted by molar-refractivity contribution is 0.126. The van der Waals surface area contributed by atoms with Gasteiger partial charge in [0.1, 0.15) is 18.1 Å². The molecule has 1 aliphatic carbocycles. The van der Waals surface area contributed by atoms with Crippen LogP contribution in [0.2, 0.25) is 0 Å². The zero-order valence-electron chi connectivity index (χ0n) is 17.8. The van der Waals surface area contributed by atoms with E-state index in [0.29, 0.717) is 11.8 Å². The van der Waals surface area contributed by atoms with Crippen LogP contribution in [0.4, 0.5) is 0 Å². The van der Waals surface area contributed by atoms with E-state index in [4.69, 9.17) is 9.47 Å². The molecule has 2 aromatic carbocycles. The van der Waals surface area contributed by atoms with E-state index in [1.807, 2.05) is 54.6 Å². The lowest BCUT2D eigenvalue weighted by Crippen LogP contribution is -2.21. The summed E-state index contributed by atoms with van der Waals surface area (Å²) in [6, 6.07) is 17.9. The normalized spacial score (nSPS) is 15.5. The van der Waals surface area contributed by atoms with Crippen molar-refractivity contribution in [2.45, 2.75) is 49.4 Å². The Morgan fingerprint density at radius 1 is 1.00 bits per heavy atom. The Labute approximate surface area is 187 Å². The Hall–Kier alpha value is -2.51. The number of nitrogens with zero attached hydrogens (tertiary/aromatic N) is 3. The zero-order chi connectivity index (χ0) is 21.5. The molecule has 1 aliphatic rings. The maximum Gasteiger partial charge on any atom is 0.191 e. The lowest BCUT2D eigenvalue weighted by atomic mass is 9.95. The number of aromatic nitrogens is 3. The minimum absolute atomic E-state index is 0.250. The van der Waals surface area contributed by atoms with Gasteiger partial charge in [0.2, 0.25) is 0 Å². The summed E-state index contributed by atoms with van der Waals surface area (Å²) in [6.45, 7) is 0.250. The second-order valence-electron chi connectivity index (χ2n) is 7.79. The van der Waals surface area contributed by atoms with Gasteiger partial charge in [0.15, 0.2) is 11.0 Å². The molecule has 0 radical (unpaired) electrons. The van der Waals surface area contributed by atoms with Crippen LogP contribution in [0.1, 0.15) is 38.1 Å². The molecule has 0 spiro atoms. The van der Waals surface area contributed by atoms with Crippen LogP contribution in [0.15, 0.2) is 59.8 Å². The average molecular weight is 440 g/mol. The van der Waals surface area contributed by atoms with Gasteiger partial charge < -0.3 is 14.6 Å². The van der Waals surface area contributed by atoms with Crippen molar-refractivity contribution in [1.29, 1.82) is 0 Å². The summed E-state index contributed by atoms with van der Waals surface area (Å²) < 4.78 is 13.2. The number of benzene rings is 2. The van der Waals surface area contributed by atoms with Gasteiger partial charge in [-0.15, -0.1) is 10.2 Å². The van der Waals surface area contributed by atoms with Gasteiger partial charge in [-0.1, -0.05) is 49.2 Å². The van der Waals surface area contributed by atoms with Gasteiger partial charge in [0.05, 0.1) is 13.2 Å². The van der Waals surface area contributed by atoms with Crippen LogP contribution >= 0.6 is 11.8 Å². The summed E-state index contributed by atoms with van der Waals surface area (Å²) >= 11 is 1.54. The molecular formula is C24H29N3O3S. The largest absolute Gasteiger partial charge is 0.497 e. The smallest absolute Gasteiger partial charge is 0.191 e. The van der Waals surface area contributed by atoms with Crippen LogP contribution in [0.5, 0.6) is 11.5 Å². The number of aliphatic hydroxyl groups excluding tert-OH is 1. The van der Waals surface area contributed by atoms with Crippen LogP contribution < -0.4 is 9.47 Å². The fourth-order valence-corrected chi connectivity index (χ4v) is 4.82. The van der Waals surface area contributed by atoms with E-state index in [2.05, 4.69) is 14.8 Å². The molecule has 3 aromatic rings. The number of aliphatic hydroxyl groups is 1. The summed E-state index contributed by atoms with van der Waals surface area (Å²) in [5, 5.41) is 20.3. The molecule has 0 amide bonds. The van der Waals surface area contributed by atoms with E-state index in [1.165, 1.54) is 19.3 Å². The van der Waals surface area contributed by atoms with Gasteiger partial charge in [-0.3, -0.25) is 4.57 Å². The Morgan fingerprint density at radius 2 is 1.74 bits per heavy atom. The SMILES string of the molecule is COc1ccc(-c2nnc(SCC(O)COc3ccccc3)n2C2CCCCC2)cc1. The van der Waals surface area contributed by atoms with Gasteiger partial charge in [-0.2, -0.15) is 0 Å². The first-order chi connectivity index (χ1) is 15.2. The van der Waals surface area contributed by atoms with Gasteiger partial charge in [0.25, 0.3) is 0 Å².